The van der Waals surface area contributed by atoms with Crippen LogP contribution in [0.15, 0.2) is 42.7 Å². The predicted octanol–water partition coefficient (Wildman–Crippen LogP) is 3.75. The van der Waals surface area contributed by atoms with Crippen molar-refractivity contribution in [2.75, 3.05) is 0 Å². The molecule has 0 amide bonds. The molecule has 1 aromatic carbocycles. The molecule has 1 heterocycles. The Hall–Kier alpha value is -1.57. The molecule has 0 aliphatic rings. The monoisotopic (exact) mass is 218 g/mol. The zero-order chi connectivity index (χ0) is 12.4. The highest BCUT2D eigenvalue weighted by Gasteiger charge is 1.83. The fraction of sp³-hybridized carbons (Fsp3) is 0.357. The molecule has 0 N–H and O–H groups in total. The van der Waals surface area contributed by atoms with Crippen LogP contribution in [0.3, 0.4) is 0 Å². The van der Waals surface area contributed by atoms with Crippen LogP contribution >= 0.6 is 0 Å². The van der Waals surface area contributed by atoms with Crippen molar-refractivity contribution >= 4 is 0 Å². The number of aryl methyl sites for hydroxylation is 3. The third-order valence-corrected chi connectivity index (χ3v) is 2.00. The van der Waals surface area contributed by atoms with Crippen molar-refractivity contribution in [1.29, 1.82) is 0 Å². The lowest BCUT2D eigenvalue weighted by atomic mass is 10.2. The van der Waals surface area contributed by atoms with E-state index in [0.717, 1.165) is 5.82 Å². The Morgan fingerprint density at radius 2 is 1.56 bits per heavy atom. The summed E-state index contributed by atoms with van der Waals surface area (Å²) in [4.78, 5) is 3.98. The first-order valence-electron chi connectivity index (χ1n) is 5.65. The molecule has 0 aliphatic carbocycles. The number of benzene rings is 1. The Morgan fingerprint density at radius 3 is 1.75 bits per heavy atom. The summed E-state index contributed by atoms with van der Waals surface area (Å²) in [6.07, 6.45) is 3.71. The smallest absolute Gasteiger partial charge is 0.105 e. The van der Waals surface area contributed by atoms with Crippen LogP contribution in [-0.4, -0.2) is 9.55 Å². The lowest BCUT2D eigenvalue weighted by Gasteiger charge is -1.87. The van der Waals surface area contributed by atoms with Crippen LogP contribution in [0.25, 0.3) is 0 Å². The van der Waals surface area contributed by atoms with E-state index in [4.69, 9.17) is 0 Å². The number of hydrogen-bond donors (Lipinski definition) is 0. The lowest BCUT2D eigenvalue weighted by Crippen LogP contribution is -1.86. The van der Waals surface area contributed by atoms with E-state index in [-0.39, 0.29) is 0 Å². The van der Waals surface area contributed by atoms with Gasteiger partial charge in [0.25, 0.3) is 0 Å². The highest BCUT2D eigenvalue weighted by molar-refractivity contribution is 5.11. The van der Waals surface area contributed by atoms with Crippen LogP contribution in [-0.2, 0) is 7.05 Å². The van der Waals surface area contributed by atoms with Crippen LogP contribution < -0.4 is 0 Å². The molecule has 0 atom stereocenters. The minimum Gasteiger partial charge on any atom is -0.338 e. The molecule has 2 rings (SSSR count). The van der Waals surface area contributed by atoms with Crippen molar-refractivity contribution in [1.82, 2.24) is 9.55 Å². The fourth-order valence-electron chi connectivity index (χ4n) is 0.975. The number of hydrogen-bond acceptors (Lipinski definition) is 1. The number of imidazole rings is 1. The van der Waals surface area contributed by atoms with E-state index >= 15 is 0 Å². The first-order chi connectivity index (χ1) is 7.70. The Morgan fingerprint density at radius 1 is 1.00 bits per heavy atom. The fourth-order valence-corrected chi connectivity index (χ4v) is 0.975. The summed E-state index contributed by atoms with van der Waals surface area (Å²) in [6, 6.07) is 10.3. The number of nitrogens with zero attached hydrogens (tertiary/aromatic N) is 2. The van der Waals surface area contributed by atoms with Gasteiger partial charge in [-0.25, -0.2) is 4.98 Å². The van der Waals surface area contributed by atoms with Gasteiger partial charge in [0.1, 0.15) is 5.82 Å². The topological polar surface area (TPSA) is 17.8 Å². The molecule has 2 aromatic rings. The standard InChI is InChI=1S/C7H8.C5H8N2.C2H6/c1-7-5-3-2-4-6-7;1-5-6-3-4-7(5)2;1-2/h2-6H,1H3;3-4H,1-2H3;1-2H3. The highest BCUT2D eigenvalue weighted by atomic mass is 15.0. The predicted molar refractivity (Wildman–Crippen MR) is 70.5 cm³/mol. The minimum atomic E-state index is 1.06. The Balaban J connectivity index is 0.000000244. The van der Waals surface area contributed by atoms with Crippen LogP contribution in [0.4, 0.5) is 0 Å². The van der Waals surface area contributed by atoms with Crippen LogP contribution in [0.1, 0.15) is 25.2 Å². The Kier molecular flexibility index (Phi) is 7.86. The summed E-state index contributed by atoms with van der Waals surface area (Å²) >= 11 is 0. The van der Waals surface area contributed by atoms with E-state index in [2.05, 4.69) is 24.0 Å². The van der Waals surface area contributed by atoms with Gasteiger partial charge in [-0.3, -0.25) is 0 Å². The van der Waals surface area contributed by atoms with Crippen molar-refractivity contribution in [3.05, 3.63) is 54.1 Å². The maximum Gasteiger partial charge on any atom is 0.105 e. The first kappa shape index (κ1) is 14.4. The van der Waals surface area contributed by atoms with Gasteiger partial charge in [-0.15, -0.1) is 0 Å². The molecule has 0 unspecified atom stereocenters. The molecule has 1 aromatic heterocycles. The van der Waals surface area contributed by atoms with Crippen LogP contribution in [0.2, 0.25) is 0 Å². The molecule has 16 heavy (non-hydrogen) atoms. The molecule has 0 saturated carbocycles. The van der Waals surface area contributed by atoms with Gasteiger partial charge >= 0.3 is 0 Å². The number of aromatic nitrogens is 2. The average molecular weight is 218 g/mol. The molecule has 0 fully saturated rings. The maximum atomic E-state index is 3.98. The molecule has 0 bridgehead atoms. The van der Waals surface area contributed by atoms with Crippen molar-refractivity contribution < 1.29 is 0 Å². The van der Waals surface area contributed by atoms with E-state index in [1.165, 1.54) is 5.56 Å². The highest BCUT2D eigenvalue weighted by Crippen LogP contribution is 1.92. The summed E-state index contributed by atoms with van der Waals surface area (Å²) in [5.74, 6) is 1.06. The second kappa shape index (κ2) is 8.72. The second-order valence-corrected chi connectivity index (χ2v) is 3.24. The second-order valence-electron chi connectivity index (χ2n) is 3.24. The maximum absolute atomic E-state index is 3.98. The molecule has 0 aliphatic heterocycles. The Bertz CT molecular complexity index is 347. The normalized spacial score (nSPS) is 8.31. The van der Waals surface area contributed by atoms with Gasteiger partial charge in [-0.05, 0) is 13.8 Å². The van der Waals surface area contributed by atoms with Crippen molar-refractivity contribution in [3.8, 4) is 0 Å². The van der Waals surface area contributed by atoms with Crippen LogP contribution in [0.5, 0.6) is 0 Å². The molecular formula is C14H22N2. The quantitative estimate of drug-likeness (QED) is 0.658. The summed E-state index contributed by atoms with van der Waals surface area (Å²) in [5, 5.41) is 0. The molecule has 0 radical (unpaired) electrons. The molecule has 2 nitrogen and oxygen atoms in total. The van der Waals surface area contributed by atoms with Crippen LogP contribution in [0, 0.1) is 13.8 Å². The van der Waals surface area contributed by atoms with E-state index in [0.29, 0.717) is 0 Å². The summed E-state index contributed by atoms with van der Waals surface area (Å²) < 4.78 is 1.97. The molecule has 0 saturated heterocycles. The zero-order valence-electron chi connectivity index (χ0n) is 10.9. The summed E-state index contributed by atoms with van der Waals surface area (Å²) in [7, 11) is 1.97. The summed E-state index contributed by atoms with van der Waals surface area (Å²) in [6.45, 7) is 8.06. The van der Waals surface area contributed by atoms with Gasteiger partial charge in [0.2, 0.25) is 0 Å². The molecule has 0 spiro atoms. The van der Waals surface area contributed by atoms with Gasteiger partial charge in [0.15, 0.2) is 0 Å². The van der Waals surface area contributed by atoms with E-state index in [1.54, 1.807) is 6.20 Å². The molecule has 88 valence electrons. The molecular weight excluding hydrogens is 196 g/mol. The third kappa shape index (κ3) is 6.02. The minimum absolute atomic E-state index is 1.06. The van der Waals surface area contributed by atoms with Gasteiger partial charge in [0.05, 0.1) is 0 Å². The zero-order valence-corrected chi connectivity index (χ0v) is 10.9. The van der Waals surface area contributed by atoms with Gasteiger partial charge in [-0.1, -0.05) is 49.7 Å². The summed E-state index contributed by atoms with van der Waals surface area (Å²) in [5.41, 5.74) is 1.32. The van der Waals surface area contributed by atoms with Gasteiger partial charge in [0, 0.05) is 19.4 Å². The SMILES string of the molecule is CC.Cc1ccccc1.Cc1nccn1C. The Labute approximate surface area is 99.0 Å². The first-order valence-corrected chi connectivity index (χ1v) is 5.65. The van der Waals surface area contributed by atoms with Crippen molar-refractivity contribution in [2.45, 2.75) is 27.7 Å². The number of rotatable bonds is 0. The van der Waals surface area contributed by atoms with Gasteiger partial charge < -0.3 is 4.57 Å². The molecule has 2 heteroatoms. The van der Waals surface area contributed by atoms with Crippen molar-refractivity contribution in [3.63, 3.8) is 0 Å². The van der Waals surface area contributed by atoms with E-state index < -0.39 is 0 Å². The van der Waals surface area contributed by atoms with E-state index in [1.807, 2.05) is 56.8 Å². The van der Waals surface area contributed by atoms with Gasteiger partial charge in [-0.2, -0.15) is 0 Å². The van der Waals surface area contributed by atoms with E-state index in [9.17, 15) is 0 Å². The lowest BCUT2D eigenvalue weighted by molar-refractivity contribution is 0.858. The average Bonchev–Trinajstić information content (AvgIpc) is 2.68. The largest absolute Gasteiger partial charge is 0.338 e. The third-order valence-electron chi connectivity index (χ3n) is 2.00. The van der Waals surface area contributed by atoms with Crippen molar-refractivity contribution in [2.24, 2.45) is 7.05 Å².